The topological polar surface area (TPSA) is 58.2 Å². The van der Waals surface area contributed by atoms with Gasteiger partial charge in [-0.1, -0.05) is 25.3 Å². The maximum Gasteiger partial charge on any atom is 0.251 e. The molecule has 2 amide bonds. The minimum atomic E-state index is -0.107. The lowest BCUT2D eigenvalue weighted by molar-refractivity contribution is -0.120. The van der Waals surface area contributed by atoms with Crippen LogP contribution in [0.25, 0.3) is 0 Å². The average Bonchev–Trinajstić information content (AvgIpc) is 3.16. The Kier molecular flexibility index (Phi) is 6.23. The third kappa shape index (κ3) is 5.16. The van der Waals surface area contributed by atoms with E-state index in [0.717, 1.165) is 32.1 Å². The first-order valence-corrected chi connectivity index (χ1v) is 9.87. The van der Waals surface area contributed by atoms with Crippen LogP contribution in [0.2, 0.25) is 0 Å². The van der Waals surface area contributed by atoms with Crippen LogP contribution in [0.3, 0.4) is 0 Å². The van der Waals surface area contributed by atoms with Gasteiger partial charge in [-0.25, -0.2) is 0 Å². The van der Waals surface area contributed by atoms with E-state index in [1.165, 1.54) is 12.0 Å². The molecule has 2 N–H and O–H groups in total. The van der Waals surface area contributed by atoms with Gasteiger partial charge in [-0.3, -0.25) is 9.59 Å². The van der Waals surface area contributed by atoms with Crippen LogP contribution in [0.15, 0.2) is 41.1 Å². The number of rotatable bonds is 6. The van der Waals surface area contributed by atoms with Crippen LogP contribution in [-0.2, 0) is 11.2 Å². The Labute approximate surface area is 152 Å². The van der Waals surface area contributed by atoms with Gasteiger partial charge in [0.15, 0.2) is 0 Å². The van der Waals surface area contributed by atoms with Crippen molar-refractivity contribution in [1.82, 2.24) is 5.32 Å². The SMILES string of the molecule is O=C(NCCc1ccsc1)c1cccc(NC(=O)C2CCCCC2)c1. The number of hydrogen-bond donors (Lipinski definition) is 2. The normalized spacial score (nSPS) is 14.9. The van der Waals surface area contributed by atoms with E-state index in [2.05, 4.69) is 22.1 Å². The number of hydrogen-bond acceptors (Lipinski definition) is 3. The van der Waals surface area contributed by atoms with Gasteiger partial charge in [-0.2, -0.15) is 11.3 Å². The second kappa shape index (κ2) is 8.81. The third-order valence-corrected chi connectivity index (χ3v) is 5.38. The number of nitrogens with one attached hydrogen (secondary N) is 2. The molecule has 0 radical (unpaired) electrons. The summed E-state index contributed by atoms with van der Waals surface area (Å²) in [4.78, 5) is 24.6. The van der Waals surface area contributed by atoms with Gasteiger partial charge in [0.25, 0.3) is 5.91 Å². The summed E-state index contributed by atoms with van der Waals surface area (Å²) in [6.07, 6.45) is 6.25. The number of benzene rings is 1. The summed E-state index contributed by atoms with van der Waals surface area (Å²) in [6.45, 7) is 0.605. The van der Waals surface area contributed by atoms with Gasteiger partial charge >= 0.3 is 0 Å². The van der Waals surface area contributed by atoms with E-state index < -0.39 is 0 Å². The fourth-order valence-electron chi connectivity index (χ4n) is 3.20. The van der Waals surface area contributed by atoms with Crippen molar-refractivity contribution in [3.05, 3.63) is 52.2 Å². The van der Waals surface area contributed by atoms with E-state index in [-0.39, 0.29) is 17.7 Å². The second-order valence-electron chi connectivity index (χ2n) is 6.54. The standard InChI is InChI=1S/C20H24N2O2S/c23-19(21-11-9-15-10-12-25-14-15)17-7-4-8-18(13-17)22-20(24)16-5-2-1-3-6-16/h4,7-8,10,12-14,16H,1-3,5-6,9,11H2,(H,21,23)(H,22,24). The van der Waals surface area contributed by atoms with Gasteiger partial charge in [0, 0.05) is 23.7 Å². The monoisotopic (exact) mass is 356 g/mol. The van der Waals surface area contributed by atoms with Crippen molar-refractivity contribution >= 4 is 28.8 Å². The Morgan fingerprint density at radius 1 is 1.12 bits per heavy atom. The highest BCUT2D eigenvalue weighted by Gasteiger charge is 2.21. The maximum atomic E-state index is 12.3. The summed E-state index contributed by atoms with van der Waals surface area (Å²) in [5.41, 5.74) is 2.51. The van der Waals surface area contributed by atoms with Gasteiger partial charge in [0.05, 0.1) is 0 Å². The lowest BCUT2D eigenvalue weighted by Crippen LogP contribution is -2.26. The molecule has 1 aromatic carbocycles. The molecule has 132 valence electrons. The largest absolute Gasteiger partial charge is 0.352 e. The Morgan fingerprint density at radius 2 is 1.96 bits per heavy atom. The first kappa shape index (κ1) is 17.7. The van der Waals surface area contributed by atoms with Gasteiger partial charge in [-0.05, 0) is 59.9 Å². The van der Waals surface area contributed by atoms with Gasteiger partial charge in [0.2, 0.25) is 5.91 Å². The summed E-state index contributed by atoms with van der Waals surface area (Å²) >= 11 is 1.66. The van der Waals surface area contributed by atoms with Crippen molar-refractivity contribution in [1.29, 1.82) is 0 Å². The van der Waals surface area contributed by atoms with Gasteiger partial charge in [-0.15, -0.1) is 0 Å². The predicted octanol–water partition coefficient (Wildman–Crippen LogP) is 4.24. The fourth-order valence-corrected chi connectivity index (χ4v) is 3.91. The van der Waals surface area contributed by atoms with Crippen LogP contribution in [0.1, 0.15) is 48.0 Å². The fraction of sp³-hybridized carbons (Fsp3) is 0.400. The number of carbonyl (C=O) groups is 2. The van der Waals surface area contributed by atoms with Crippen LogP contribution in [0, 0.1) is 5.92 Å². The van der Waals surface area contributed by atoms with Gasteiger partial charge < -0.3 is 10.6 Å². The molecular weight excluding hydrogens is 332 g/mol. The quantitative estimate of drug-likeness (QED) is 0.813. The number of thiophene rings is 1. The molecule has 0 unspecified atom stereocenters. The molecule has 1 heterocycles. The smallest absolute Gasteiger partial charge is 0.251 e. The minimum Gasteiger partial charge on any atom is -0.352 e. The van der Waals surface area contributed by atoms with Crippen LogP contribution < -0.4 is 10.6 Å². The van der Waals surface area contributed by atoms with Crippen molar-refractivity contribution in [3.8, 4) is 0 Å². The minimum absolute atomic E-state index is 0.0784. The number of anilines is 1. The van der Waals surface area contributed by atoms with Crippen molar-refractivity contribution < 1.29 is 9.59 Å². The first-order chi connectivity index (χ1) is 12.2. The molecular formula is C20H24N2O2S. The molecule has 0 aliphatic heterocycles. The molecule has 4 nitrogen and oxygen atoms in total. The van der Waals surface area contributed by atoms with E-state index in [1.54, 1.807) is 23.5 Å². The molecule has 5 heteroatoms. The molecule has 2 aromatic rings. The van der Waals surface area contributed by atoms with Crippen molar-refractivity contribution in [2.24, 2.45) is 5.92 Å². The number of amides is 2. The second-order valence-corrected chi connectivity index (χ2v) is 7.32. The Balaban J connectivity index is 1.53. The summed E-state index contributed by atoms with van der Waals surface area (Å²) in [5, 5.41) is 10.0. The summed E-state index contributed by atoms with van der Waals surface area (Å²) in [5.74, 6) is 0.0792. The zero-order valence-corrected chi connectivity index (χ0v) is 15.1. The van der Waals surface area contributed by atoms with E-state index in [9.17, 15) is 9.59 Å². The molecule has 3 rings (SSSR count). The summed E-state index contributed by atoms with van der Waals surface area (Å²) in [6, 6.07) is 9.24. The Morgan fingerprint density at radius 3 is 2.72 bits per heavy atom. The molecule has 0 saturated heterocycles. The summed E-state index contributed by atoms with van der Waals surface area (Å²) in [7, 11) is 0. The first-order valence-electron chi connectivity index (χ1n) is 8.92. The predicted molar refractivity (Wildman–Crippen MR) is 102 cm³/mol. The molecule has 0 spiro atoms. The zero-order valence-electron chi connectivity index (χ0n) is 14.3. The number of carbonyl (C=O) groups excluding carboxylic acids is 2. The van der Waals surface area contributed by atoms with Crippen LogP contribution in [0.5, 0.6) is 0 Å². The van der Waals surface area contributed by atoms with Crippen LogP contribution in [0.4, 0.5) is 5.69 Å². The molecule has 0 bridgehead atoms. The average molecular weight is 356 g/mol. The lowest BCUT2D eigenvalue weighted by Gasteiger charge is -2.20. The Bertz CT molecular complexity index is 706. The molecule has 1 fully saturated rings. The van der Waals surface area contributed by atoms with E-state index in [0.29, 0.717) is 17.8 Å². The van der Waals surface area contributed by atoms with Crippen molar-refractivity contribution in [3.63, 3.8) is 0 Å². The Hall–Kier alpha value is -2.14. The zero-order chi connectivity index (χ0) is 17.5. The third-order valence-electron chi connectivity index (χ3n) is 4.65. The van der Waals surface area contributed by atoms with E-state index >= 15 is 0 Å². The highest BCUT2D eigenvalue weighted by atomic mass is 32.1. The van der Waals surface area contributed by atoms with Crippen molar-refractivity contribution in [2.45, 2.75) is 38.5 Å². The van der Waals surface area contributed by atoms with E-state index in [4.69, 9.17) is 0 Å². The van der Waals surface area contributed by atoms with Gasteiger partial charge in [0.1, 0.15) is 0 Å². The summed E-state index contributed by atoms with van der Waals surface area (Å²) < 4.78 is 0. The lowest BCUT2D eigenvalue weighted by atomic mass is 9.88. The highest BCUT2D eigenvalue weighted by Crippen LogP contribution is 2.25. The van der Waals surface area contributed by atoms with Crippen LogP contribution >= 0.6 is 11.3 Å². The van der Waals surface area contributed by atoms with Crippen molar-refractivity contribution in [2.75, 3.05) is 11.9 Å². The molecule has 25 heavy (non-hydrogen) atoms. The molecule has 1 aromatic heterocycles. The maximum absolute atomic E-state index is 12.3. The molecule has 0 atom stereocenters. The highest BCUT2D eigenvalue weighted by molar-refractivity contribution is 7.07. The van der Waals surface area contributed by atoms with Crippen LogP contribution in [-0.4, -0.2) is 18.4 Å². The molecule has 1 aliphatic carbocycles. The molecule has 1 saturated carbocycles. The van der Waals surface area contributed by atoms with E-state index in [1.807, 2.05) is 17.5 Å². The molecule has 1 aliphatic rings.